The molecule has 206 valence electrons. The molecule has 0 saturated heterocycles. The molecule has 1 amide bonds. The average molecular weight is 542 g/mol. The van der Waals surface area contributed by atoms with E-state index in [-0.39, 0.29) is 24.1 Å². The molecule has 0 atom stereocenters. The number of aliphatic hydroxyl groups excluding tert-OH is 1. The van der Waals surface area contributed by atoms with Crippen molar-refractivity contribution < 1.29 is 47.3 Å². The van der Waals surface area contributed by atoms with Crippen LogP contribution in [-0.2, 0) is 38.7 Å². The van der Waals surface area contributed by atoms with Crippen LogP contribution in [-0.4, -0.2) is 74.1 Å². The van der Waals surface area contributed by atoms with Crippen molar-refractivity contribution in [1.82, 2.24) is 4.31 Å². The molecule has 1 aromatic carbocycles. The third-order valence-corrected chi connectivity index (χ3v) is 5.55. The van der Waals surface area contributed by atoms with Crippen molar-refractivity contribution in [2.45, 2.75) is 25.2 Å². The number of ether oxygens (including phenoxy) is 2. The van der Waals surface area contributed by atoms with Gasteiger partial charge in [-0.05, 0) is 31.6 Å². The summed E-state index contributed by atoms with van der Waals surface area (Å²) in [6.45, 7) is 16.4. The number of carboxylic acid groups (broad SMARTS) is 1. The number of hydrogen-bond acceptors (Lipinski definition) is 9. The number of methoxy groups -OCH3 is 1. The summed E-state index contributed by atoms with van der Waals surface area (Å²) in [5.41, 5.74) is 1.04. The maximum absolute atomic E-state index is 12.0. The lowest BCUT2D eigenvalue weighted by Crippen LogP contribution is -2.32. The Bertz CT molecular complexity index is 1050. The maximum atomic E-state index is 12.0. The van der Waals surface area contributed by atoms with Crippen LogP contribution in [0.2, 0.25) is 0 Å². The number of hydrogen-bond donors (Lipinski definition) is 2. The molecule has 0 heterocycles. The molecule has 0 aliphatic rings. The number of likely N-dealkylation sites (N-methyl/N-ethyl adjacent to an activating group) is 1. The van der Waals surface area contributed by atoms with E-state index in [2.05, 4.69) is 35.8 Å². The minimum absolute atomic E-state index is 0.0461. The molecular weight excluding hydrogens is 506 g/mol. The second-order valence-electron chi connectivity index (χ2n) is 6.54. The van der Waals surface area contributed by atoms with E-state index in [1.807, 2.05) is 0 Å². The molecule has 2 N–H and O–H groups in total. The summed E-state index contributed by atoms with van der Waals surface area (Å²) in [5.74, 6) is -2.42. The average Bonchev–Trinajstić information content (AvgIpc) is 2.88. The summed E-state index contributed by atoms with van der Waals surface area (Å²) in [7, 11) is -1.22. The maximum Gasteiger partial charge on any atom is 0.332 e. The first-order chi connectivity index (χ1) is 17.2. The Morgan fingerprint density at radius 3 is 1.89 bits per heavy atom. The van der Waals surface area contributed by atoms with Gasteiger partial charge in [0.05, 0.1) is 18.6 Å². The lowest BCUT2D eigenvalue weighted by Gasteiger charge is -2.16. The molecule has 37 heavy (non-hydrogen) atoms. The van der Waals surface area contributed by atoms with Crippen molar-refractivity contribution in [2.24, 2.45) is 0 Å². The standard InChI is InChI=1S/C11H13NO3S.C6H10O3.C5H8O2.C3H4O2/c1-4-11(13)12(3)16(14,15)10-8-6-5-7-9(10)2;1-2-6(8)9-5-3-4-7;1-4(2)5(6)7-3;1-2-3(4)5/h4-8H,1H2,2-3H3;2,7H,1,3-5H2;1H2,2-3H3;2H,1H2,(H,4,5). The van der Waals surface area contributed by atoms with Crippen molar-refractivity contribution in [3.8, 4) is 0 Å². The molecule has 1 rings (SSSR count). The summed E-state index contributed by atoms with van der Waals surface area (Å²) in [4.78, 5) is 41.1. The first kappa shape index (κ1) is 37.5. The summed E-state index contributed by atoms with van der Waals surface area (Å²) in [6, 6.07) is 6.51. The number of carbonyl (C=O) groups is 4. The Morgan fingerprint density at radius 2 is 1.57 bits per heavy atom. The largest absolute Gasteiger partial charge is 0.478 e. The predicted octanol–water partition coefficient (Wildman–Crippen LogP) is 2.42. The topological polar surface area (TPSA) is 165 Å². The molecule has 0 aliphatic heterocycles. The molecule has 0 radical (unpaired) electrons. The van der Waals surface area contributed by atoms with Gasteiger partial charge in [-0.3, -0.25) is 4.79 Å². The Kier molecular flexibility index (Phi) is 21.6. The lowest BCUT2D eigenvalue weighted by molar-refractivity contribution is -0.138. The molecule has 11 nitrogen and oxygen atoms in total. The van der Waals surface area contributed by atoms with Crippen LogP contribution in [0.3, 0.4) is 0 Å². The summed E-state index contributed by atoms with van der Waals surface area (Å²) in [5, 5.41) is 15.8. The number of nitrogens with zero attached hydrogens (tertiary/aromatic N) is 1. The van der Waals surface area contributed by atoms with E-state index in [0.717, 1.165) is 18.2 Å². The van der Waals surface area contributed by atoms with E-state index in [1.54, 1.807) is 32.0 Å². The third kappa shape index (κ3) is 18.0. The number of sulfonamides is 1. The van der Waals surface area contributed by atoms with E-state index < -0.39 is 27.9 Å². The van der Waals surface area contributed by atoms with Crippen LogP contribution >= 0.6 is 0 Å². The van der Waals surface area contributed by atoms with Gasteiger partial charge >= 0.3 is 17.9 Å². The SMILES string of the molecule is C=C(C)C(=O)OC.C=CC(=O)N(C)S(=O)(=O)c1ccccc1C.C=CC(=O)O.C=CC(=O)OCCCO. The molecule has 0 aliphatic carbocycles. The summed E-state index contributed by atoms with van der Waals surface area (Å²) >= 11 is 0. The summed E-state index contributed by atoms with van der Waals surface area (Å²) in [6.07, 6.45) is 3.38. The Balaban J connectivity index is -0.000000467. The van der Waals surface area contributed by atoms with E-state index in [9.17, 15) is 27.6 Å². The quantitative estimate of drug-likeness (QED) is 0.269. The number of aliphatic carboxylic acids is 1. The van der Waals surface area contributed by atoms with Gasteiger partial charge in [-0.15, -0.1) is 0 Å². The van der Waals surface area contributed by atoms with Crippen LogP contribution in [0.15, 0.2) is 79.3 Å². The normalized spacial score (nSPS) is 9.11. The highest BCUT2D eigenvalue weighted by atomic mass is 32.2. The molecule has 1 aromatic rings. The van der Waals surface area contributed by atoms with Crippen LogP contribution in [0.5, 0.6) is 0 Å². The molecule has 0 aromatic heterocycles. The predicted molar refractivity (Wildman–Crippen MR) is 139 cm³/mol. The minimum atomic E-state index is -3.77. The Morgan fingerprint density at radius 1 is 1.05 bits per heavy atom. The van der Waals surface area contributed by atoms with Gasteiger partial charge in [0, 0.05) is 37.8 Å². The third-order valence-electron chi connectivity index (χ3n) is 3.64. The van der Waals surface area contributed by atoms with Gasteiger partial charge < -0.3 is 19.7 Å². The zero-order chi connectivity index (χ0) is 29.6. The van der Waals surface area contributed by atoms with E-state index in [0.29, 0.717) is 21.9 Å². The number of amides is 1. The van der Waals surface area contributed by atoms with Gasteiger partial charge in [0.1, 0.15) is 0 Å². The van der Waals surface area contributed by atoms with Crippen LogP contribution in [0.4, 0.5) is 0 Å². The van der Waals surface area contributed by atoms with Gasteiger partial charge in [-0.1, -0.05) is 44.5 Å². The first-order valence-corrected chi connectivity index (χ1v) is 11.8. The van der Waals surface area contributed by atoms with Crippen LogP contribution in [0.25, 0.3) is 0 Å². The van der Waals surface area contributed by atoms with Gasteiger partial charge in [0.25, 0.3) is 15.9 Å². The molecular formula is C25H35NO10S. The zero-order valence-electron chi connectivity index (χ0n) is 21.5. The number of carboxylic acids is 1. The molecule has 0 fully saturated rings. The highest BCUT2D eigenvalue weighted by molar-refractivity contribution is 7.89. The molecule has 12 heteroatoms. The smallest absolute Gasteiger partial charge is 0.332 e. The fourth-order valence-corrected chi connectivity index (χ4v) is 3.04. The van der Waals surface area contributed by atoms with E-state index in [4.69, 9.17) is 10.2 Å². The van der Waals surface area contributed by atoms with Crippen molar-refractivity contribution in [2.75, 3.05) is 27.4 Å². The number of carbonyl (C=O) groups excluding carboxylic acids is 3. The van der Waals surface area contributed by atoms with Crippen molar-refractivity contribution in [3.63, 3.8) is 0 Å². The fourth-order valence-electron chi connectivity index (χ4n) is 1.71. The lowest BCUT2D eigenvalue weighted by atomic mass is 10.2. The fraction of sp³-hybridized carbons (Fsp3) is 0.280. The van der Waals surface area contributed by atoms with Gasteiger partial charge in [0.15, 0.2) is 0 Å². The van der Waals surface area contributed by atoms with Gasteiger partial charge in [-0.25, -0.2) is 27.1 Å². The second-order valence-corrected chi connectivity index (χ2v) is 8.48. The Labute approximate surface area is 218 Å². The summed E-state index contributed by atoms with van der Waals surface area (Å²) < 4.78 is 33.5. The number of esters is 2. The molecule has 0 unspecified atom stereocenters. The van der Waals surface area contributed by atoms with Crippen LogP contribution in [0.1, 0.15) is 18.9 Å². The molecule has 0 bridgehead atoms. The van der Waals surface area contributed by atoms with Crippen molar-refractivity contribution in [3.05, 3.63) is 79.9 Å². The zero-order valence-corrected chi connectivity index (χ0v) is 22.3. The highest BCUT2D eigenvalue weighted by Crippen LogP contribution is 2.18. The van der Waals surface area contributed by atoms with Crippen molar-refractivity contribution in [1.29, 1.82) is 0 Å². The number of aryl methyl sites for hydroxylation is 1. The molecule has 0 spiro atoms. The number of aliphatic hydroxyl groups is 1. The van der Waals surface area contributed by atoms with Crippen LogP contribution < -0.4 is 0 Å². The van der Waals surface area contributed by atoms with Crippen LogP contribution in [0, 0.1) is 6.92 Å². The first-order valence-electron chi connectivity index (χ1n) is 10.4. The minimum Gasteiger partial charge on any atom is -0.478 e. The highest BCUT2D eigenvalue weighted by Gasteiger charge is 2.24. The van der Waals surface area contributed by atoms with Gasteiger partial charge in [0.2, 0.25) is 0 Å². The second kappa shape index (κ2) is 21.3. The molecule has 0 saturated carbocycles. The monoisotopic (exact) mass is 541 g/mol. The van der Waals surface area contributed by atoms with Crippen molar-refractivity contribution >= 4 is 33.8 Å². The number of benzene rings is 1. The number of rotatable bonds is 9. The van der Waals surface area contributed by atoms with E-state index >= 15 is 0 Å². The van der Waals surface area contributed by atoms with Gasteiger partial charge in [-0.2, -0.15) is 0 Å². The Hall–Kier alpha value is -4.03. The van der Waals surface area contributed by atoms with E-state index in [1.165, 1.54) is 20.2 Å².